The van der Waals surface area contributed by atoms with Crippen molar-refractivity contribution in [2.75, 3.05) is 0 Å². The summed E-state index contributed by atoms with van der Waals surface area (Å²) in [5.41, 5.74) is 0. The molecule has 0 aromatic carbocycles. The van der Waals surface area contributed by atoms with Crippen molar-refractivity contribution in [3.05, 3.63) is 6.92 Å². The smallest absolute Gasteiger partial charge is 0.344 e. The molecule has 0 aromatic rings. The maximum Gasteiger partial charge on any atom is 1.00 e. The van der Waals surface area contributed by atoms with Gasteiger partial charge in [0.25, 0.3) is 0 Å². The summed E-state index contributed by atoms with van der Waals surface area (Å²) in [5, 5.41) is 0. The molecule has 0 heterocycles. The first-order valence-corrected chi connectivity index (χ1v) is 3.01. The van der Waals surface area contributed by atoms with Crippen LogP contribution in [-0.2, 0) is 0 Å². The first-order valence-electron chi connectivity index (χ1n) is 1.81. The van der Waals surface area contributed by atoms with Crippen molar-refractivity contribution in [2.45, 2.75) is 13.3 Å². The van der Waals surface area contributed by atoms with Crippen LogP contribution in [0.4, 0.5) is 0 Å². The van der Waals surface area contributed by atoms with Gasteiger partial charge in [0.1, 0.15) is 0 Å². The molecular weight excluding hydrogens is 138 g/mol. The van der Waals surface area contributed by atoms with Gasteiger partial charge >= 0.3 is 38.2 Å². The molecule has 0 saturated heterocycles. The van der Waals surface area contributed by atoms with Crippen LogP contribution in [-0.4, -0.2) is 14.7 Å². The third kappa shape index (κ3) is 170. The summed E-state index contributed by atoms with van der Waals surface area (Å²) in [4.78, 5) is 21.7. The van der Waals surface area contributed by atoms with Gasteiger partial charge in [-0.05, 0) is 0 Å². The van der Waals surface area contributed by atoms with Crippen LogP contribution in [0.2, 0.25) is 0 Å². The van der Waals surface area contributed by atoms with Crippen molar-refractivity contribution in [3.8, 4) is 0 Å². The van der Waals surface area contributed by atoms with Gasteiger partial charge in [0.05, 0.1) is 0 Å². The second-order valence-corrected chi connectivity index (χ2v) is 1.30. The molecule has 0 amide bonds. The minimum Gasteiger partial charge on any atom is -0.344 e. The summed E-state index contributed by atoms with van der Waals surface area (Å²) in [5.74, 6) is 0. The first-order chi connectivity index (χ1) is 3.15. The van der Waals surface area contributed by atoms with E-state index in [1.165, 1.54) is 0 Å². The van der Waals surface area contributed by atoms with Gasteiger partial charge in [-0.3, -0.25) is 0 Å². The molecule has 0 unspecified atom stereocenters. The number of hydrogen-bond acceptors (Lipinski definition) is 3. The van der Waals surface area contributed by atoms with Gasteiger partial charge < -0.3 is 21.6 Å². The summed E-state index contributed by atoms with van der Waals surface area (Å²) in [6, 6.07) is 0. The molecule has 0 rings (SSSR count). The van der Waals surface area contributed by atoms with E-state index in [0.717, 1.165) is 6.42 Å². The molecule has 8 heavy (non-hydrogen) atoms. The minimum absolute atomic E-state index is 0. The third-order valence-electron chi connectivity index (χ3n) is 0. The summed E-state index contributed by atoms with van der Waals surface area (Å²) in [6.45, 7) is 5.50. The summed E-state index contributed by atoms with van der Waals surface area (Å²) in [7, 11) is -2.62. The Hall–Kier alpha value is 1.31. The molecule has 3 N–H and O–H groups in total. The Morgan fingerprint density at radius 2 is 1.38 bits per heavy atom. The van der Waals surface area contributed by atoms with E-state index in [1.54, 1.807) is 0 Å². The van der Waals surface area contributed by atoms with Crippen LogP contribution in [0.25, 0.3) is 0 Å². The molecule has 0 saturated carbocycles. The zero-order valence-corrected chi connectivity index (χ0v) is 8.10. The van der Waals surface area contributed by atoms with Gasteiger partial charge in [-0.2, -0.15) is 6.42 Å². The molecule has 5 heteroatoms. The second kappa shape index (κ2) is 15.7. The minimum atomic E-state index is -2.62. The molecule has 0 aliphatic rings. The topological polar surface area (TPSA) is 60.7 Å². The number of hydrogen-bond donors (Lipinski definition) is 3. The van der Waals surface area contributed by atoms with E-state index in [9.17, 15) is 0 Å². The molecule has 0 spiro atoms. The van der Waals surface area contributed by atoms with E-state index in [2.05, 4.69) is 6.92 Å². The van der Waals surface area contributed by atoms with E-state index in [4.69, 9.17) is 14.7 Å². The Labute approximate surface area is 73.0 Å². The van der Waals surface area contributed by atoms with E-state index in [-0.39, 0.29) is 29.6 Å². The van der Waals surface area contributed by atoms with Crippen LogP contribution in [0.1, 0.15) is 13.3 Å². The molecule has 0 radical (unpaired) electrons. The molecule has 0 aliphatic carbocycles. The molecular formula is C3H10NaO3P. The van der Waals surface area contributed by atoms with Crippen LogP contribution in [0.3, 0.4) is 0 Å². The van der Waals surface area contributed by atoms with Crippen molar-refractivity contribution < 1.29 is 44.2 Å². The second-order valence-electron chi connectivity index (χ2n) is 0.768. The van der Waals surface area contributed by atoms with Gasteiger partial charge in [0.2, 0.25) is 0 Å². The Bertz CT molecular complexity index is 25.7. The predicted molar refractivity (Wildman–Crippen MR) is 29.2 cm³/mol. The van der Waals surface area contributed by atoms with Crippen molar-refractivity contribution in [1.82, 2.24) is 0 Å². The molecule has 46 valence electrons. The maximum atomic E-state index is 7.23. The summed E-state index contributed by atoms with van der Waals surface area (Å²) >= 11 is 0. The van der Waals surface area contributed by atoms with E-state index >= 15 is 0 Å². The van der Waals surface area contributed by atoms with Crippen LogP contribution in [0.5, 0.6) is 0 Å². The van der Waals surface area contributed by atoms with Crippen LogP contribution >= 0.6 is 8.60 Å². The molecule has 0 aliphatic heterocycles. The normalized spacial score (nSPS) is 6.75. The Balaban J connectivity index is -0.0000000575. The summed E-state index contributed by atoms with van der Waals surface area (Å²) < 4.78 is 0. The van der Waals surface area contributed by atoms with Gasteiger partial charge in [0.15, 0.2) is 0 Å². The van der Waals surface area contributed by atoms with Gasteiger partial charge in [-0.15, -0.1) is 0 Å². The number of rotatable bonds is 0. The van der Waals surface area contributed by atoms with Crippen molar-refractivity contribution in [3.63, 3.8) is 0 Å². The molecule has 0 atom stereocenters. The first kappa shape index (κ1) is 16.1. The van der Waals surface area contributed by atoms with E-state index in [1.807, 2.05) is 6.92 Å². The SMILES string of the molecule is OP(O)O.[CH2-]CC.[Na+]. The van der Waals surface area contributed by atoms with E-state index in [0.29, 0.717) is 0 Å². The zero-order valence-electron chi connectivity index (χ0n) is 5.20. The fourth-order valence-electron chi connectivity index (χ4n) is 0. The summed E-state index contributed by atoms with van der Waals surface area (Å²) in [6.07, 6.45) is 1.00. The molecule has 0 fully saturated rings. The van der Waals surface area contributed by atoms with Crippen LogP contribution in [0, 0.1) is 6.92 Å². The average molecular weight is 148 g/mol. The van der Waals surface area contributed by atoms with Gasteiger partial charge in [-0.25, -0.2) is 0 Å². The fraction of sp³-hybridized carbons (Fsp3) is 0.667. The van der Waals surface area contributed by atoms with Crippen LogP contribution < -0.4 is 29.6 Å². The molecule has 3 nitrogen and oxygen atoms in total. The zero-order chi connectivity index (χ0) is 6.28. The molecule has 0 aromatic heterocycles. The van der Waals surface area contributed by atoms with Crippen LogP contribution in [0.15, 0.2) is 0 Å². The van der Waals surface area contributed by atoms with Gasteiger partial charge in [-0.1, -0.05) is 6.92 Å². The third-order valence-corrected chi connectivity index (χ3v) is 0. The Kier molecular flexibility index (Phi) is 31.8. The largest absolute Gasteiger partial charge is 1.00 e. The average Bonchev–Trinajstić information content (AvgIpc) is 1.33. The molecule has 0 bridgehead atoms. The monoisotopic (exact) mass is 148 g/mol. The van der Waals surface area contributed by atoms with Crippen molar-refractivity contribution in [1.29, 1.82) is 0 Å². The van der Waals surface area contributed by atoms with E-state index < -0.39 is 8.60 Å². The Morgan fingerprint density at radius 3 is 1.38 bits per heavy atom. The predicted octanol–water partition coefficient (Wildman–Crippen LogP) is -2.58. The maximum absolute atomic E-state index is 7.23. The quantitative estimate of drug-likeness (QED) is 0.201. The van der Waals surface area contributed by atoms with Crippen molar-refractivity contribution in [2.24, 2.45) is 0 Å². The fourth-order valence-corrected chi connectivity index (χ4v) is 0. The Morgan fingerprint density at radius 1 is 1.38 bits per heavy atom. The van der Waals surface area contributed by atoms with Crippen molar-refractivity contribution >= 4 is 8.60 Å². The van der Waals surface area contributed by atoms with Gasteiger partial charge in [0, 0.05) is 0 Å². The standard InChI is InChI=1S/C3H7.Na.H3O3P/c1-3-2;;1-4(2)3/h1,3H2,2H3;;1-3H/q-1;+1;.